The van der Waals surface area contributed by atoms with Crippen LogP contribution in [-0.4, -0.2) is 18.2 Å². The van der Waals surface area contributed by atoms with Gasteiger partial charge in [0.2, 0.25) is 0 Å². The summed E-state index contributed by atoms with van der Waals surface area (Å²) in [6, 6.07) is 12.0. The van der Waals surface area contributed by atoms with Crippen LogP contribution in [0.3, 0.4) is 0 Å². The third-order valence-electron chi connectivity index (χ3n) is 4.39. The minimum absolute atomic E-state index is 0.00192. The number of rotatable bonds is 4. The Morgan fingerprint density at radius 2 is 1.72 bits per heavy atom. The number of nitrogens with zero attached hydrogens (tertiary/aromatic N) is 1. The van der Waals surface area contributed by atoms with E-state index >= 15 is 0 Å². The highest BCUT2D eigenvalue weighted by Gasteiger charge is 2.13. The molecule has 3 rings (SSSR count). The molecule has 1 aliphatic rings. The first-order chi connectivity index (χ1) is 12.0. The zero-order valence-electron chi connectivity index (χ0n) is 14.1. The SMILES string of the molecule is C[C@@H](NC(=S)Nc1ccc(F)c(F)c1)c1ccc(N2CCCC2)cc1. The van der Waals surface area contributed by atoms with Crippen molar-refractivity contribution in [3.05, 3.63) is 59.7 Å². The topological polar surface area (TPSA) is 27.3 Å². The van der Waals surface area contributed by atoms with Gasteiger partial charge >= 0.3 is 0 Å². The average molecular weight is 361 g/mol. The highest BCUT2D eigenvalue weighted by atomic mass is 32.1. The summed E-state index contributed by atoms with van der Waals surface area (Å²) in [5, 5.41) is 6.39. The summed E-state index contributed by atoms with van der Waals surface area (Å²) in [4.78, 5) is 2.39. The Balaban J connectivity index is 1.58. The molecule has 25 heavy (non-hydrogen) atoms. The van der Waals surface area contributed by atoms with Gasteiger partial charge in [-0.2, -0.15) is 0 Å². The maximum absolute atomic E-state index is 13.2. The van der Waals surface area contributed by atoms with Crippen molar-refractivity contribution in [1.29, 1.82) is 0 Å². The van der Waals surface area contributed by atoms with Crippen molar-refractivity contribution in [2.45, 2.75) is 25.8 Å². The first-order valence-electron chi connectivity index (χ1n) is 8.40. The van der Waals surface area contributed by atoms with E-state index in [2.05, 4.69) is 39.8 Å². The van der Waals surface area contributed by atoms with E-state index in [0.29, 0.717) is 10.8 Å². The number of thiocarbonyl (C=S) groups is 1. The molecule has 0 bridgehead atoms. The molecule has 0 aliphatic carbocycles. The minimum Gasteiger partial charge on any atom is -0.372 e. The largest absolute Gasteiger partial charge is 0.372 e. The molecule has 0 spiro atoms. The van der Waals surface area contributed by atoms with Crippen molar-refractivity contribution in [1.82, 2.24) is 5.32 Å². The Kier molecular flexibility index (Phi) is 5.48. The number of hydrogen-bond acceptors (Lipinski definition) is 2. The van der Waals surface area contributed by atoms with Gasteiger partial charge in [0.25, 0.3) is 0 Å². The Morgan fingerprint density at radius 1 is 1.04 bits per heavy atom. The minimum atomic E-state index is -0.904. The summed E-state index contributed by atoms with van der Waals surface area (Å²) in [7, 11) is 0. The van der Waals surface area contributed by atoms with Crippen LogP contribution in [0.25, 0.3) is 0 Å². The molecule has 0 aromatic heterocycles. The lowest BCUT2D eigenvalue weighted by Crippen LogP contribution is -2.31. The van der Waals surface area contributed by atoms with Gasteiger partial charge in [-0.05, 0) is 61.8 Å². The molecule has 1 aliphatic heterocycles. The Bertz CT molecular complexity index is 743. The molecule has 0 unspecified atom stereocenters. The van der Waals surface area contributed by atoms with Crippen LogP contribution >= 0.6 is 12.2 Å². The summed E-state index contributed by atoms with van der Waals surface area (Å²) in [5.74, 6) is -1.78. The molecule has 2 N–H and O–H groups in total. The van der Waals surface area contributed by atoms with Gasteiger partial charge in [0.1, 0.15) is 0 Å². The van der Waals surface area contributed by atoms with E-state index in [1.165, 1.54) is 24.6 Å². The monoisotopic (exact) mass is 361 g/mol. The summed E-state index contributed by atoms with van der Waals surface area (Å²) in [6.07, 6.45) is 2.51. The van der Waals surface area contributed by atoms with Crippen LogP contribution in [-0.2, 0) is 0 Å². The van der Waals surface area contributed by atoms with Crippen LogP contribution in [0.5, 0.6) is 0 Å². The molecule has 1 heterocycles. The lowest BCUT2D eigenvalue weighted by atomic mass is 10.1. The second-order valence-corrected chi connectivity index (χ2v) is 6.64. The van der Waals surface area contributed by atoms with Gasteiger partial charge in [0.15, 0.2) is 16.7 Å². The number of hydrogen-bond donors (Lipinski definition) is 2. The molecular formula is C19H21F2N3S. The summed E-state index contributed by atoms with van der Waals surface area (Å²) >= 11 is 5.25. The van der Waals surface area contributed by atoms with Gasteiger partial charge in [0, 0.05) is 30.5 Å². The summed E-state index contributed by atoms with van der Waals surface area (Å²) < 4.78 is 26.2. The fourth-order valence-electron chi connectivity index (χ4n) is 2.97. The first kappa shape index (κ1) is 17.6. The number of halogens is 2. The standard InChI is InChI=1S/C19H21F2N3S/c1-13(14-4-7-16(8-5-14)24-10-2-3-11-24)22-19(25)23-15-6-9-17(20)18(21)12-15/h4-9,12-13H,2-3,10-11H2,1H3,(H2,22,23,25)/t13-/m1/s1. The van der Waals surface area contributed by atoms with Crippen molar-refractivity contribution in [3.8, 4) is 0 Å². The van der Waals surface area contributed by atoms with Gasteiger partial charge < -0.3 is 15.5 Å². The van der Waals surface area contributed by atoms with Crippen molar-refractivity contribution in [3.63, 3.8) is 0 Å². The zero-order valence-corrected chi connectivity index (χ0v) is 14.9. The third-order valence-corrected chi connectivity index (χ3v) is 4.61. The highest BCUT2D eigenvalue weighted by molar-refractivity contribution is 7.80. The van der Waals surface area contributed by atoms with Gasteiger partial charge in [-0.1, -0.05) is 12.1 Å². The molecule has 0 saturated carbocycles. The molecule has 3 nitrogen and oxygen atoms in total. The molecular weight excluding hydrogens is 340 g/mol. The molecule has 6 heteroatoms. The fourth-order valence-corrected chi connectivity index (χ4v) is 3.26. The quantitative estimate of drug-likeness (QED) is 0.778. The maximum atomic E-state index is 13.2. The second-order valence-electron chi connectivity index (χ2n) is 6.23. The van der Waals surface area contributed by atoms with Crippen LogP contribution in [0.4, 0.5) is 20.2 Å². The molecule has 2 aromatic carbocycles. The molecule has 1 saturated heterocycles. The van der Waals surface area contributed by atoms with E-state index < -0.39 is 11.6 Å². The van der Waals surface area contributed by atoms with E-state index in [1.807, 2.05) is 6.92 Å². The molecule has 1 atom stereocenters. The number of nitrogens with one attached hydrogen (secondary N) is 2. The van der Waals surface area contributed by atoms with Crippen molar-refractivity contribution in [2.24, 2.45) is 0 Å². The smallest absolute Gasteiger partial charge is 0.171 e. The molecule has 2 aromatic rings. The predicted molar refractivity (Wildman–Crippen MR) is 102 cm³/mol. The average Bonchev–Trinajstić information content (AvgIpc) is 3.13. The molecule has 1 fully saturated rings. The van der Waals surface area contributed by atoms with Crippen LogP contribution in [0.15, 0.2) is 42.5 Å². The summed E-state index contributed by atoms with van der Waals surface area (Å²) in [5.41, 5.74) is 2.77. The third kappa shape index (κ3) is 4.45. The Labute approximate surface area is 152 Å². The maximum Gasteiger partial charge on any atom is 0.171 e. The van der Waals surface area contributed by atoms with Gasteiger partial charge in [-0.3, -0.25) is 0 Å². The summed E-state index contributed by atoms with van der Waals surface area (Å²) in [6.45, 7) is 4.24. The second kappa shape index (κ2) is 7.78. The van der Waals surface area contributed by atoms with E-state index in [4.69, 9.17) is 12.2 Å². The van der Waals surface area contributed by atoms with Crippen molar-refractivity contribution >= 4 is 28.7 Å². The lowest BCUT2D eigenvalue weighted by molar-refractivity contribution is 0.509. The predicted octanol–water partition coefficient (Wildman–Crippen LogP) is 4.61. The highest BCUT2D eigenvalue weighted by Crippen LogP contribution is 2.22. The molecule has 0 radical (unpaired) electrons. The zero-order chi connectivity index (χ0) is 17.8. The van der Waals surface area contributed by atoms with E-state index in [1.54, 1.807) is 0 Å². The normalized spacial score (nSPS) is 15.1. The van der Waals surface area contributed by atoms with E-state index in [9.17, 15) is 8.78 Å². The first-order valence-corrected chi connectivity index (χ1v) is 8.81. The van der Waals surface area contributed by atoms with Crippen LogP contribution in [0.1, 0.15) is 31.4 Å². The van der Waals surface area contributed by atoms with E-state index in [-0.39, 0.29) is 6.04 Å². The van der Waals surface area contributed by atoms with Crippen molar-refractivity contribution in [2.75, 3.05) is 23.3 Å². The molecule has 132 valence electrons. The van der Waals surface area contributed by atoms with Gasteiger partial charge in [-0.15, -0.1) is 0 Å². The fraction of sp³-hybridized carbons (Fsp3) is 0.316. The van der Waals surface area contributed by atoms with Gasteiger partial charge in [-0.25, -0.2) is 8.78 Å². The van der Waals surface area contributed by atoms with Crippen LogP contribution in [0.2, 0.25) is 0 Å². The molecule has 0 amide bonds. The van der Waals surface area contributed by atoms with E-state index in [0.717, 1.165) is 30.8 Å². The number of benzene rings is 2. The Morgan fingerprint density at radius 3 is 2.36 bits per heavy atom. The number of anilines is 2. The van der Waals surface area contributed by atoms with Crippen LogP contribution in [0, 0.1) is 11.6 Å². The van der Waals surface area contributed by atoms with Crippen molar-refractivity contribution < 1.29 is 8.78 Å². The lowest BCUT2D eigenvalue weighted by Gasteiger charge is -2.20. The van der Waals surface area contributed by atoms with Gasteiger partial charge in [0.05, 0.1) is 6.04 Å². The van der Waals surface area contributed by atoms with Crippen LogP contribution < -0.4 is 15.5 Å². The Hall–Kier alpha value is -2.21.